The van der Waals surface area contributed by atoms with Crippen molar-refractivity contribution in [2.45, 2.75) is 13.8 Å². The number of phosphoric acid groups is 1. The largest absolute Gasteiger partial charge is 0.475 e. The van der Waals surface area contributed by atoms with Crippen LogP contribution in [0.3, 0.4) is 0 Å². The van der Waals surface area contributed by atoms with Crippen molar-refractivity contribution in [2.75, 3.05) is 26.9 Å². The Morgan fingerprint density at radius 1 is 1.09 bits per heavy atom. The van der Waals surface area contributed by atoms with Crippen LogP contribution in [0.1, 0.15) is 19.4 Å². The molecular weight excluding hydrogens is 307 g/mol. The molecule has 22 heavy (non-hydrogen) atoms. The van der Waals surface area contributed by atoms with Gasteiger partial charge >= 0.3 is 13.8 Å². The van der Waals surface area contributed by atoms with Crippen molar-refractivity contribution in [3.63, 3.8) is 0 Å². The summed E-state index contributed by atoms with van der Waals surface area (Å²) in [5.41, 5.74) is 1.00. The first-order valence-corrected chi connectivity index (χ1v) is 8.40. The molecule has 0 fully saturated rings. The molecule has 0 radical (unpaired) electrons. The van der Waals surface area contributed by atoms with Crippen molar-refractivity contribution in [1.29, 1.82) is 0 Å². The molecule has 122 valence electrons. The summed E-state index contributed by atoms with van der Waals surface area (Å²) in [5, 5.41) is 0. The molecule has 1 rings (SSSR count). The maximum absolute atomic E-state index is 12.2. The van der Waals surface area contributed by atoms with E-state index in [0.717, 1.165) is 0 Å². The number of esters is 1. The number of phosphoric ester groups is 1. The van der Waals surface area contributed by atoms with E-state index in [-0.39, 0.29) is 19.8 Å². The minimum absolute atomic E-state index is 0.101. The fraction of sp³-hybridized carbons (Fsp3) is 0.400. The third kappa shape index (κ3) is 5.73. The van der Waals surface area contributed by atoms with Crippen LogP contribution in [0.15, 0.2) is 36.4 Å². The normalized spacial score (nSPS) is 12.2. The fourth-order valence-corrected chi connectivity index (χ4v) is 2.80. The average molecular weight is 328 g/mol. The Morgan fingerprint density at radius 3 is 2.18 bits per heavy atom. The van der Waals surface area contributed by atoms with Crippen LogP contribution in [0.25, 0.3) is 5.57 Å². The fourth-order valence-electron chi connectivity index (χ4n) is 1.69. The van der Waals surface area contributed by atoms with Crippen LogP contribution >= 0.6 is 7.82 Å². The molecule has 0 spiro atoms. The van der Waals surface area contributed by atoms with Gasteiger partial charge in [-0.2, -0.15) is 0 Å². The molecule has 0 saturated heterocycles. The van der Waals surface area contributed by atoms with E-state index >= 15 is 0 Å². The smallest absolute Gasteiger partial charge is 0.465 e. The highest BCUT2D eigenvalue weighted by molar-refractivity contribution is 7.48. The first-order chi connectivity index (χ1) is 10.6. The standard InChI is InChI=1S/C15H21O6P/c1-4-19-22(17,20-5-2)21-12-11-14(15(16)18-3)13-9-7-6-8-10-13/h6-11H,4-5,12H2,1-3H3/b14-11-. The Labute approximate surface area is 130 Å². The summed E-state index contributed by atoms with van der Waals surface area (Å²) in [6, 6.07) is 8.99. The quantitative estimate of drug-likeness (QED) is 0.393. The molecule has 0 heterocycles. The van der Waals surface area contributed by atoms with E-state index in [2.05, 4.69) is 0 Å². The molecule has 6 nitrogen and oxygen atoms in total. The molecule has 0 atom stereocenters. The van der Waals surface area contributed by atoms with Crippen molar-refractivity contribution in [2.24, 2.45) is 0 Å². The summed E-state index contributed by atoms with van der Waals surface area (Å²) in [7, 11) is -2.31. The number of methoxy groups -OCH3 is 1. The summed E-state index contributed by atoms with van der Waals surface area (Å²) in [6.45, 7) is 3.67. The molecule has 0 saturated carbocycles. The van der Waals surface area contributed by atoms with Gasteiger partial charge in [0.15, 0.2) is 0 Å². The summed E-state index contributed by atoms with van der Waals surface area (Å²) < 4.78 is 32.1. The lowest BCUT2D eigenvalue weighted by Gasteiger charge is -2.15. The second kappa shape index (κ2) is 9.54. The van der Waals surface area contributed by atoms with E-state index in [0.29, 0.717) is 11.1 Å². The number of ether oxygens (including phenoxy) is 1. The lowest BCUT2D eigenvalue weighted by Crippen LogP contribution is -2.06. The van der Waals surface area contributed by atoms with Gasteiger partial charge in [0.25, 0.3) is 0 Å². The zero-order valence-electron chi connectivity index (χ0n) is 13.0. The minimum Gasteiger partial charge on any atom is -0.465 e. The van der Waals surface area contributed by atoms with Crippen LogP contribution < -0.4 is 0 Å². The maximum Gasteiger partial charge on any atom is 0.475 e. The van der Waals surface area contributed by atoms with Gasteiger partial charge < -0.3 is 4.74 Å². The lowest BCUT2D eigenvalue weighted by atomic mass is 10.1. The minimum atomic E-state index is -3.60. The summed E-state index contributed by atoms with van der Waals surface area (Å²) in [4.78, 5) is 11.8. The topological polar surface area (TPSA) is 71.1 Å². The highest BCUT2D eigenvalue weighted by Gasteiger charge is 2.25. The lowest BCUT2D eigenvalue weighted by molar-refractivity contribution is -0.133. The highest BCUT2D eigenvalue weighted by Crippen LogP contribution is 2.49. The van der Waals surface area contributed by atoms with E-state index in [1.54, 1.807) is 38.1 Å². The van der Waals surface area contributed by atoms with Crippen molar-refractivity contribution >= 4 is 19.4 Å². The van der Waals surface area contributed by atoms with Crippen molar-refractivity contribution in [3.05, 3.63) is 42.0 Å². The van der Waals surface area contributed by atoms with E-state index in [4.69, 9.17) is 18.3 Å². The molecule has 0 unspecified atom stereocenters. The molecule has 0 aliphatic heterocycles. The van der Waals surface area contributed by atoms with Crippen LogP contribution in [0.2, 0.25) is 0 Å². The summed E-state index contributed by atoms with van der Waals surface area (Å²) in [5.74, 6) is -0.502. The highest BCUT2D eigenvalue weighted by atomic mass is 31.2. The molecule has 0 aliphatic rings. The molecule has 0 bridgehead atoms. The van der Waals surface area contributed by atoms with Crippen LogP contribution in [0.4, 0.5) is 0 Å². The molecule has 0 aromatic heterocycles. The summed E-state index contributed by atoms with van der Waals surface area (Å²) in [6.07, 6.45) is 1.49. The summed E-state index contributed by atoms with van der Waals surface area (Å²) >= 11 is 0. The molecule has 1 aromatic rings. The SMILES string of the molecule is CCOP(=O)(OCC)OC/C=C(\C(=O)OC)c1ccccc1. The van der Waals surface area contributed by atoms with Crippen LogP contribution in [-0.2, 0) is 27.7 Å². The maximum atomic E-state index is 12.2. The molecule has 7 heteroatoms. The van der Waals surface area contributed by atoms with Gasteiger partial charge in [-0.15, -0.1) is 0 Å². The Kier molecular flexibility index (Phi) is 8.06. The predicted octanol–water partition coefficient (Wildman–Crippen LogP) is 3.44. The molecule has 0 aliphatic carbocycles. The second-order valence-electron chi connectivity index (χ2n) is 4.05. The van der Waals surface area contributed by atoms with Crippen molar-refractivity contribution in [1.82, 2.24) is 0 Å². The van der Waals surface area contributed by atoms with Gasteiger partial charge in [0.05, 0.1) is 32.5 Å². The zero-order valence-corrected chi connectivity index (χ0v) is 13.9. The van der Waals surface area contributed by atoms with Gasteiger partial charge in [-0.05, 0) is 25.5 Å². The van der Waals surface area contributed by atoms with E-state index in [9.17, 15) is 9.36 Å². The molecular formula is C15H21O6P. The number of hydrogen-bond donors (Lipinski definition) is 0. The second-order valence-corrected chi connectivity index (χ2v) is 5.72. The predicted molar refractivity (Wildman–Crippen MR) is 83.2 cm³/mol. The van der Waals surface area contributed by atoms with Gasteiger partial charge in [0.1, 0.15) is 0 Å². The third-order valence-electron chi connectivity index (χ3n) is 2.58. The molecule has 1 aromatic carbocycles. The monoisotopic (exact) mass is 328 g/mol. The molecule has 0 amide bonds. The van der Waals surface area contributed by atoms with Crippen LogP contribution in [-0.4, -0.2) is 32.9 Å². The van der Waals surface area contributed by atoms with Crippen molar-refractivity contribution < 1.29 is 27.7 Å². The number of rotatable bonds is 9. The number of hydrogen-bond acceptors (Lipinski definition) is 6. The average Bonchev–Trinajstić information content (AvgIpc) is 2.52. The Bertz CT molecular complexity index is 530. The van der Waals surface area contributed by atoms with E-state index in [1.807, 2.05) is 6.07 Å². The number of carbonyl (C=O) groups is 1. The van der Waals surface area contributed by atoms with E-state index < -0.39 is 13.8 Å². The molecule has 0 N–H and O–H groups in total. The van der Waals surface area contributed by atoms with Crippen LogP contribution in [0.5, 0.6) is 0 Å². The van der Waals surface area contributed by atoms with Gasteiger partial charge in [0, 0.05) is 0 Å². The van der Waals surface area contributed by atoms with Crippen LogP contribution in [0, 0.1) is 0 Å². The van der Waals surface area contributed by atoms with Gasteiger partial charge in [-0.1, -0.05) is 30.3 Å². The first kappa shape index (κ1) is 18.6. The van der Waals surface area contributed by atoms with E-state index in [1.165, 1.54) is 13.2 Å². The van der Waals surface area contributed by atoms with Gasteiger partial charge in [0.2, 0.25) is 0 Å². The number of benzene rings is 1. The number of carbonyl (C=O) groups excluding carboxylic acids is 1. The van der Waals surface area contributed by atoms with Gasteiger partial charge in [-0.25, -0.2) is 9.36 Å². The zero-order chi connectivity index (χ0) is 16.4. The van der Waals surface area contributed by atoms with Gasteiger partial charge in [-0.3, -0.25) is 13.6 Å². The Morgan fingerprint density at radius 2 is 1.68 bits per heavy atom. The van der Waals surface area contributed by atoms with Crippen molar-refractivity contribution in [3.8, 4) is 0 Å². The third-order valence-corrected chi connectivity index (χ3v) is 4.20. The first-order valence-electron chi connectivity index (χ1n) is 6.93. The Balaban J connectivity index is 2.86. The Hall–Kier alpha value is -1.46.